The van der Waals surface area contributed by atoms with Crippen molar-refractivity contribution in [3.8, 4) is 11.5 Å². The van der Waals surface area contributed by atoms with Crippen LogP contribution in [0, 0.1) is 0 Å². The lowest BCUT2D eigenvalue weighted by atomic mass is 10.1. The number of hydrogen-bond donors (Lipinski definition) is 1. The molecule has 0 saturated carbocycles. The minimum atomic E-state index is -4.49. The Morgan fingerprint density at radius 3 is 2.71 bits per heavy atom. The molecule has 21 heavy (non-hydrogen) atoms. The minimum absolute atomic E-state index is 0.125. The number of hydrogen-bond acceptors (Lipinski definition) is 4. The van der Waals surface area contributed by atoms with Crippen molar-refractivity contribution in [1.29, 1.82) is 0 Å². The molecule has 114 valence electrons. The van der Waals surface area contributed by atoms with Gasteiger partial charge in [0.2, 0.25) is 11.8 Å². The van der Waals surface area contributed by atoms with Gasteiger partial charge in [0.1, 0.15) is 0 Å². The predicted octanol–water partition coefficient (Wildman–Crippen LogP) is 4.02. The fourth-order valence-corrected chi connectivity index (χ4v) is 2.10. The van der Waals surface area contributed by atoms with E-state index >= 15 is 0 Å². The summed E-state index contributed by atoms with van der Waals surface area (Å²) in [5.41, 5.74) is -0.937. The summed E-state index contributed by atoms with van der Waals surface area (Å²) in [4.78, 5) is 0. The lowest BCUT2D eigenvalue weighted by Crippen LogP contribution is -2.13. The van der Waals surface area contributed by atoms with E-state index in [0.717, 1.165) is 19.0 Å². The molecule has 0 aliphatic rings. The standard InChI is InChI=1S/C13H13BrF3N3O/c1-2-5-18-7-11-19-20-12(21-11)9-4-3-8(14)6-10(9)13(15,16)17/h3-4,6,18H,2,5,7H2,1H3. The van der Waals surface area contributed by atoms with E-state index in [1.807, 2.05) is 6.92 Å². The Hall–Kier alpha value is -1.41. The molecule has 1 heterocycles. The molecular formula is C13H13BrF3N3O. The van der Waals surface area contributed by atoms with Crippen LogP contribution in [0.2, 0.25) is 0 Å². The van der Waals surface area contributed by atoms with Gasteiger partial charge in [-0.25, -0.2) is 0 Å². The maximum absolute atomic E-state index is 13.0. The molecule has 0 fully saturated rings. The summed E-state index contributed by atoms with van der Waals surface area (Å²) in [5, 5.41) is 10.5. The third-order valence-electron chi connectivity index (χ3n) is 2.69. The largest absolute Gasteiger partial charge is 0.419 e. The molecule has 0 spiro atoms. The highest BCUT2D eigenvalue weighted by Crippen LogP contribution is 2.38. The number of rotatable bonds is 5. The molecule has 1 aromatic carbocycles. The summed E-state index contributed by atoms with van der Waals surface area (Å²) in [6.07, 6.45) is -3.56. The van der Waals surface area contributed by atoms with Gasteiger partial charge in [-0.2, -0.15) is 13.2 Å². The average molecular weight is 364 g/mol. The van der Waals surface area contributed by atoms with E-state index in [2.05, 4.69) is 31.4 Å². The van der Waals surface area contributed by atoms with Gasteiger partial charge in [0.15, 0.2) is 0 Å². The average Bonchev–Trinajstić information content (AvgIpc) is 2.87. The number of alkyl halides is 3. The van der Waals surface area contributed by atoms with Crippen LogP contribution in [0.5, 0.6) is 0 Å². The number of nitrogens with zero attached hydrogens (tertiary/aromatic N) is 2. The molecule has 0 atom stereocenters. The lowest BCUT2D eigenvalue weighted by Gasteiger charge is -2.10. The van der Waals surface area contributed by atoms with Gasteiger partial charge in [-0.1, -0.05) is 22.9 Å². The summed E-state index contributed by atoms with van der Waals surface area (Å²) in [7, 11) is 0. The van der Waals surface area contributed by atoms with Gasteiger partial charge in [0, 0.05) is 4.47 Å². The monoisotopic (exact) mass is 363 g/mol. The molecule has 0 radical (unpaired) electrons. The Labute approximate surface area is 127 Å². The van der Waals surface area contributed by atoms with E-state index in [0.29, 0.717) is 11.0 Å². The molecule has 1 N–H and O–H groups in total. The van der Waals surface area contributed by atoms with Crippen LogP contribution in [0.1, 0.15) is 24.8 Å². The first-order valence-corrected chi connectivity index (χ1v) is 7.11. The van der Waals surface area contributed by atoms with Crippen LogP contribution in [-0.2, 0) is 12.7 Å². The molecule has 2 rings (SSSR count). The van der Waals surface area contributed by atoms with E-state index < -0.39 is 11.7 Å². The molecule has 0 amide bonds. The van der Waals surface area contributed by atoms with Crippen LogP contribution in [0.25, 0.3) is 11.5 Å². The van der Waals surface area contributed by atoms with Gasteiger partial charge in [-0.15, -0.1) is 10.2 Å². The van der Waals surface area contributed by atoms with Crippen molar-refractivity contribution in [3.63, 3.8) is 0 Å². The minimum Gasteiger partial charge on any atom is -0.419 e. The van der Waals surface area contributed by atoms with Crippen LogP contribution in [0.4, 0.5) is 13.2 Å². The Kier molecular flexibility index (Phi) is 5.00. The smallest absolute Gasteiger partial charge is 0.417 e. The van der Waals surface area contributed by atoms with Gasteiger partial charge in [0.25, 0.3) is 0 Å². The Morgan fingerprint density at radius 2 is 2.05 bits per heavy atom. The summed E-state index contributed by atoms with van der Waals surface area (Å²) in [6, 6.07) is 3.81. The number of halogens is 4. The van der Waals surface area contributed by atoms with E-state index in [9.17, 15) is 13.2 Å². The second-order valence-corrected chi connectivity index (χ2v) is 5.28. The second-order valence-electron chi connectivity index (χ2n) is 4.37. The topological polar surface area (TPSA) is 51.0 Å². The fraction of sp³-hybridized carbons (Fsp3) is 0.385. The molecule has 2 aromatic rings. The van der Waals surface area contributed by atoms with E-state index in [1.54, 1.807) is 0 Å². The molecule has 0 unspecified atom stereocenters. The van der Waals surface area contributed by atoms with Crippen LogP contribution >= 0.6 is 15.9 Å². The first kappa shape index (κ1) is 16.0. The zero-order valence-corrected chi connectivity index (χ0v) is 12.8. The van der Waals surface area contributed by atoms with Gasteiger partial charge < -0.3 is 9.73 Å². The first-order chi connectivity index (χ1) is 9.91. The molecule has 0 aliphatic carbocycles. The third-order valence-corrected chi connectivity index (χ3v) is 3.18. The number of benzene rings is 1. The van der Waals surface area contributed by atoms with Crippen molar-refractivity contribution in [2.75, 3.05) is 6.54 Å². The highest BCUT2D eigenvalue weighted by atomic mass is 79.9. The quantitative estimate of drug-likeness (QED) is 0.815. The third kappa shape index (κ3) is 4.04. The molecule has 0 bridgehead atoms. The lowest BCUT2D eigenvalue weighted by molar-refractivity contribution is -0.137. The fourth-order valence-electron chi connectivity index (χ4n) is 1.74. The first-order valence-electron chi connectivity index (χ1n) is 6.32. The van der Waals surface area contributed by atoms with E-state index in [1.165, 1.54) is 12.1 Å². The normalized spacial score (nSPS) is 11.9. The van der Waals surface area contributed by atoms with E-state index in [4.69, 9.17) is 4.42 Å². The Balaban J connectivity index is 2.30. The van der Waals surface area contributed by atoms with Crippen molar-refractivity contribution < 1.29 is 17.6 Å². The maximum Gasteiger partial charge on any atom is 0.417 e. The van der Waals surface area contributed by atoms with Crippen LogP contribution < -0.4 is 5.32 Å². The summed E-state index contributed by atoms with van der Waals surface area (Å²) < 4.78 is 44.8. The van der Waals surface area contributed by atoms with Crippen molar-refractivity contribution in [2.45, 2.75) is 26.1 Å². The molecule has 4 nitrogen and oxygen atoms in total. The maximum atomic E-state index is 13.0. The highest BCUT2D eigenvalue weighted by Gasteiger charge is 2.35. The Bertz CT molecular complexity index is 613. The molecule has 8 heteroatoms. The van der Waals surface area contributed by atoms with E-state index in [-0.39, 0.29) is 17.3 Å². The molecule has 0 saturated heterocycles. The number of nitrogens with one attached hydrogen (secondary N) is 1. The predicted molar refractivity (Wildman–Crippen MR) is 74.4 cm³/mol. The summed E-state index contributed by atoms with van der Waals surface area (Å²) in [5.74, 6) is 0.123. The summed E-state index contributed by atoms with van der Waals surface area (Å²) in [6.45, 7) is 3.10. The summed E-state index contributed by atoms with van der Waals surface area (Å²) >= 11 is 3.03. The van der Waals surface area contributed by atoms with Crippen molar-refractivity contribution in [1.82, 2.24) is 15.5 Å². The molecule has 1 aromatic heterocycles. The Morgan fingerprint density at radius 1 is 1.29 bits per heavy atom. The SMILES string of the molecule is CCCNCc1nnc(-c2ccc(Br)cc2C(F)(F)F)o1. The van der Waals surface area contributed by atoms with Crippen LogP contribution in [-0.4, -0.2) is 16.7 Å². The molecular weight excluding hydrogens is 351 g/mol. The van der Waals surface area contributed by atoms with Crippen LogP contribution in [0.3, 0.4) is 0 Å². The highest BCUT2D eigenvalue weighted by molar-refractivity contribution is 9.10. The van der Waals surface area contributed by atoms with Crippen LogP contribution in [0.15, 0.2) is 27.1 Å². The van der Waals surface area contributed by atoms with Gasteiger partial charge >= 0.3 is 6.18 Å². The van der Waals surface area contributed by atoms with Gasteiger partial charge in [-0.05, 0) is 31.2 Å². The van der Waals surface area contributed by atoms with Crippen molar-refractivity contribution in [2.24, 2.45) is 0 Å². The van der Waals surface area contributed by atoms with Crippen molar-refractivity contribution in [3.05, 3.63) is 34.1 Å². The van der Waals surface area contributed by atoms with Gasteiger partial charge in [0.05, 0.1) is 17.7 Å². The number of aromatic nitrogens is 2. The van der Waals surface area contributed by atoms with Crippen molar-refractivity contribution >= 4 is 15.9 Å². The van der Waals surface area contributed by atoms with Gasteiger partial charge in [-0.3, -0.25) is 0 Å². The zero-order chi connectivity index (χ0) is 15.5. The molecule has 0 aliphatic heterocycles. The second kappa shape index (κ2) is 6.57. The zero-order valence-electron chi connectivity index (χ0n) is 11.2.